The zero-order valence-electron chi connectivity index (χ0n) is 23.1. The van der Waals surface area contributed by atoms with Gasteiger partial charge in [-0.15, -0.1) is 0 Å². The van der Waals surface area contributed by atoms with Gasteiger partial charge in [0.15, 0.2) is 5.16 Å². The summed E-state index contributed by atoms with van der Waals surface area (Å²) in [6, 6.07) is 17.8. The molecule has 5 rings (SSSR count). The molecule has 0 bridgehead atoms. The van der Waals surface area contributed by atoms with Crippen molar-refractivity contribution in [2.24, 2.45) is 0 Å². The van der Waals surface area contributed by atoms with E-state index in [9.17, 15) is 9.59 Å². The number of halogens is 1. The van der Waals surface area contributed by atoms with Crippen LogP contribution in [-0.4, -0.2) is 27.3 Å². The van der Waals surface area contributed by atoms with Crippen LogP contribution in [0.25, 0.3) is 28.3 Å². The van der Waals surface area contributed by atoms with E-state index < -0.39 is 0 Å². The Labute approximate surface area is 247 Å². The number of aromatic nitrogens is 2. The molecule has 0 unspecified atom stereocenters. The number of hydrogen-bond donors (Lipinski definition) is 1. The fourth-order valence-corrected chi connectivity index (χ4v) is 6.50. The monoisotopic (exact) mass is 619 g/mol. The summed E-state index contributed by atoms with van der Waals surface area (Å²) in [6.45, 7) is 6.09. The first-order valence-electron chi connectivity index (χ1n) is 13.8. The van der Waals surface area contributed by atoms with Crippen LogP contribution in [0.4, 0.5) is 0 Å². The number of hydrogen-bond acceptors (Lipinski definition) is 5. The van der Waals surface area contributed by atoms with Crippen molar-refractivity contribution in [3.63, 3.8) is 0 Å². The van der Waals surface area contributed by atoms with E-state index >= 15 is 0 Å². The standard InChI is InChI=1S/C32H34BrN3O3S/c1-20(2)26-15-14-22(28-13-8-16-39-28)17-27(26)30-21(3)31(38)36(25-12-7-9-23(33)18-25)32(35-30)40-19-29(37)34-24-10-5-4-6-11-24/h7-9,12-18,20,24H,4-6,10-11,19H2,1-3H3,(H,34,37). The Bertz CT molecular complexity index is 1560. The second kappa shape index (κ2) is 12.6. The summed E-state index contributed by atoms with van der Waals surface area (Å²) < 4.78 is 8.14. The third-order valence-corrected chi connectivity index (χ3v) is 8.81. The summed E-state index contributed by atoms with van der Waals surface area (Å²) in [7, 11) is 0. The lowest BCUT2D eigenvalue weighted by Gasteiger charge is -2.23. The van der Waals surface area contributed by atoms with Gasteiger partial charge in [-0.3, -0.25) is 14.2 Å². The smallest absolute Gasteiger partial charge is 0.262 e. The Morgan fingerprint density at radius 2 is 1.93 bits per heavy atom. The molecule has 1 amide bonds. The fraction of sp³-hybridized carbons (Fsp3) is 0.344. The molecule has 0 spiro atoms. The minimum atomic E-state index is -0.156. The number of carbonyl (C=O) groups is 1. The zero-order valence-corrected chi connectivity index (χ0v) is 25.5. The predicted molar refractivity (Wildman–Crippen MR) is 165 cm³/mol. The van der Waals surface area contributed by atoms with Crippen LogP contribution in [0.2, 0.25) is 0 Å². The van der Waals surface area contributed by atoms with Crippen LogP contribution in [0.1, 0.15) is 63.0 Å². The van der Waals surface area contributed by atoms with E-state index in [1.165, 1.54) is 18.2 Å². The molecule has 1 N–H and O–H groups in total. The minimum absolute atomic E-state index is 0.0308. The normalized spacial score (nSPS) is 14.0. The largest absolute Gasteiger partial charge is 0.464 e. The summed E-state index contributed by atoms with van der Waals surface area (Å²) in [5.41, 5.74) is 4.63. The van der Waals surface area contributed by atoms with Crippen molar-refractivity contribution in [1.82, 2.24) is 14.9 Å². The van der Waals surface area contributed by atoms with E-state index in [4.69, 9.17) is 9.40 Å². The fourth-order valence-electron chi connectivity index (χ4n) is 5.29. The molecule has 208 valence electrons. The van der Waals surface area contributed by atoms with Crippen LogP contribution < -0.4 is 10.9 Å². The van der Waals surface area contributed by atoms with Crippen molar-refractivity contribution in [1.29, 1.82) is 0 Å². The molecule has 0 radical (unpaired) electrons. The van der Waals surface area contributed by atoms with Gasteiger partial charge in [0, 0.05) is 27.2 Å². The number of rotatable bonds is 8. The molecule has 4 aromatic rings. The van der Waals surface area contributed by atoms with Crippen molar-refractivity contribution in [2.75, 3.05) is 5.75 Å². The molecule has 0 atom stereocenters. The van der Waals surface area contributed by atoms with Crippen molar-refractivity contribution in [3.8, 4) is 28.3 Å². The lowest BCUT2D eigenvalue weighted by Crippen LogP contribution is -2.37. The van der Waals surface area contributed by atoms with E-state index in [0.29, 0.717) is 22.1 Å². The molecule has 2 aromatic carbocycles. The van der Waals surface area contributed by atoms with Gasteiger partial charge in [-0.2, -0.15) is 0 Å². The van der Waals surface area contributed by atoms with Gasteiger partial charge < -0.3 is 9.73 Å². The third-order valence-electron chi connectivity index (χ3n) is 7.38. The Balaban J connectivity index is 1.60. The number of amides is 1. The van der Waals surface area contributed by atoms with Crippen LogP contribution in [0.5, 0.6) is 0 Å². The zero-order chi connectivity index (χ0) is 28.2. The number of carbonyl (C=O) groups excluding carboxylic acids is 1. The van der Waals surface area contributed by atoms with E-state index in [2.05, 4.69) is 47.2 Å². The van der Waals surface area contributed by atoms with Crippen molar-refractivity contribution in [3.05, 3.63) is 86.8 Å². The van der Waals surface area contributed by atoms with E-state index in [1.807, 2.05) is 49.4 Å². The molecule has 0 saturated heterocycles. The average Bonchev–Trinajstić information content (AvgIpc) is 3.49. The highest BCUT2D eigenvalue weighted by molar-refractivity contribution is 9.10. The Morgan fingerprint density at radius 3 is 2.62 bits per heavy atom. The van der Waals surface area contributed by atoms with Gasteiger partial charge in [-0.25, -0.2) is 4.98 Å². The highest BCUT2D eigenvalue weighted by atomic mass is 79.9. The quantitative estimate of drug-likeness (QED) is 0.160. The van der Waals surface area contributed by atoms with Crippen LogP contribution in [0, 0.1) is 6.92 Å². The molecule has 1 saturated carbocycles. The summed E-state index contributed by atoms with van der Waals surface area (Å²) in [5.74, 6) is 1.12. The second-order valence-electron chi connectivity index (χ2n) is 10.6. The maximum Gasteiger partial charge on any atom is 0.262 e. The molecular formula is C32H34BrN3O3S. The highest BCUT2D eigenvalue weighted by Gasteiger charge is 2.22. The number of thioether (sulfide) groups is 1. The van der Waals surface area contributed by atoms with E-state index in [1.54, 1.807) is 10.8 Å². The molecular weight excluding hydrogens is 586 g/mol. The van der Waals surface area contributed by atoms with Crippen molar-refractivity contribution < 1.29 is 9.21 Å². The maximum absolute atomic E-state index is 14.0. The summed E-state index contributed by atoms with van der Waals surface area (Å²) in [5, 5.41) is 3.67. The molecule has 8 heteroatoms. The van der Waals surface area contributed by atoms with Gasteiger partial charge in [0.05, 0.1) is 23.4 Å². The van der Waals surface area contributed by atoms with Crippen molar-refractivity contribution >= 4 is 33.6 Å². The second-order valence-corrected chi connectivity index (χ2v) is 12.5. The van der Waals surface area contributed by atoms with Gasteiger partial charge in [0.25, 0.3) is 5.56 Å². The van der Waals surface area contributed by atoms with E-state index in [-0.39, 0.29) is 29.2 Å². The van der Waals surface area contributed by atoms with Gasteiger partial charge in [0.2, 0.25) is 5.91 Å². The van der Waals surface area contributed by atoms with Gasteiger partial charge >= 0.3 is 0 Å². The summed E-state index contributed by atoms with van der Waals surface area (Å²) >= 11 is 4.83. The molecule has 1 aliphatic rings. The Morgan fingerprint density at radius 1 is 1.12 bits per heavy atom. The highest BCUT2D eigenvalue weighted by Crippen LogP contribution is 2.35. The first-order chi connectivity index (χ1) is 19.3. The van der Waals surface area contributed by atoms with Crippen LogP contribution >= 0.6 is 27.7 Å². The molecule has 1 aliphatic carbocycles. The third kappa shape index (κ3) is 6.28. The summed E-state index contributed by atoms with van der Waals surface area (Å²) in [4.78, 5) is 32.1. The molecule has 6 nitrogen and oxygen atoms in total. The van der Waals surface area contributed by atoms with Gasteiger partial charge in [-0.1, -0.05) is 79.0 Å². The maximum atomic E-state index is 14.0. The molecule has 2 aromatic heterocycles. The van der Waals surface area contributed by atoms with Crippen LogP contribution in [0.15, 0.2) is 79.7 Å². The Hall–Kier alpha value is -3.10. The number of benzene rings is 2. The molecule has 0 aliphatic heterocycles. The first kappa shape index (κ1) is 28.4. The molecule has 2 heterocycles. The molecule has 1 fully saturated rings. The number of furan rings is 1. The SMILES string of the molecule is Cc1c(-c2cc(-c3ccco3)ccc2C(C)C)nc(SCC(=O)NC2CCCCC2)n(-c2cccc(Br)c2)c1=O. The van der Waals surface area contributed by atoms with Crippen molar-refractivity contribution in [2.45, 2.75) is 70.0 Å². The lowest BCUT2D eigenvalue weighted by molar-refractivity contribution is -0.119. The van der Waals surface area contributed by atoms with Gasteiger partial charge in [0.1, 0.15) is 5.76 Å². The number of nitrogens with zero attached hydrogens (tertiary/aromatic N) is 2. The predicted octanol–water partition coefficient (Wildman–Crippen LogP) is 7.89. The first-order valence-corrected chi connectivity index (χ1v) is 15.6. The van der Waals surface area contributed by atoms with Crippen LogP contribution in [0.3, 0.4) is 0 Å². The van der Waals surface area contributed by atoms with Crippen LogP contribution in [-0.2, 0) is 4.79 Å². The average molecular weight is 621 g/mol. The summed E-state index contributed by atoms with van der Waals surface area (Å²) in [6.07, 6.45) is 7.24. The minimum Gasteiger partial charge on any atom is -0.464 e. The Kier molecular flexibility index (Phi) is 8.96. The number of nitrogens with one attached hydrogen (secondary N) is 1. The van der Waals surface area contributed by atoms with E-state index in [0.717, 1.165) is 52.6 Å². The lowest BCUT2D eigenvalue weighted by atomic mass is 9.91. The molecule has 40 heavy (non-hydrogen) atoms. The van der Waals surface area contributed by atoms with Gasteiger partial charge in [-0.05, 0) is 67.6 Å². The topological polar surface area (TPSA) is 77.1 Å².